The van der Waals surface area contributed by atoms with Crippen molar-refractivity contribution in [3.63, 3.8) is 0 Å². The highest BCUT2D eigenvalue weighted by Gasteiger charge is 2.36. The van der Waals surface area contributed by atoms with E-state index in [9.17, 15) is 0 Å². The lowest BCUT2D eigenvalue weighted by Gasteiger charge is -2.24. The molecule has 0 spiro atoms. The molecule has 1 N–H and O–H groups in total. The minimum Gasteiger partial charge on any atom is -0.377 e. The smallest absolute Gasteiger partial charge is 0.377 e. The first-order valence-electron chi connectivity index (χ1n) is 5.55. The highest BCUT2D eigenvalue weighted by atomic mass is 28.4. The van der Waals surface area contributed by atoms with Gasteiger partial charge < -0.3 is 18.6 Å². The van der Waals surface area contributed by atoms with Gasteiger partial charge in [-0.1, -0.05) is 0 Å². The molecule has 0 aromatic carbocycles. The second-order valence-electron chi connectivity index (χ2n) is 3.31. The van der Waals surface area contributed by atoms with Crippen molar-refractivity contribution in [1.29, 1.82) is 0 Å². The van der Waals surface area contributed by atoms with Crippen molar-refractivity contribution in [3.05, 3.63) is 0 Å². The van der Waals surface area contributed by atoms with Gasteiger partial charge in [-0.2, -0.15) is 0 Å². The third-order valence-corrected chi connectivity index (χ3v) is 5.20. The summed E-state index contributed by atoms with van der Waals surface area (Å²) in [7, 11) is 2.56. The summed E-state index contributed by atoms with van der Waals surface area (Å²) in [4.78, 5) is 4.11. The molecule has 0 aliphatic carbocycles. The molecule has 0 heterocycles. The van der Waals surface area contributed by atoms with Crippen molar-refractivity contribution in [1.82, 2.24) is 5.32 Å². The average molecular weight is 248 g/mol. The van der Waals surface area contributed by atoms with Crippen molar-refractivity contribution in [2.45, 2.75) is 19.4 Å². The van der Waals surface area contributed by atoms with E-state index in [4.69, 9.17) is 13.3 Å². The molecule has 0 atom stereocenters. The molecule has 5 nitrogen and oxygen atoms in total. The van der Waals surface area contributed by atoms with Crippen LogP contribution in [0.15, 0.2) is 4.99 Å². The molecule has 0 saturated heterocycles. The molecule has 0 bridgehead atoms. The summed E-state index contributed by atoms with van der Waals surface area (Å²) >= 11 is 0. The molecule has 0 radical (unpaired) electrons. The van der Waals surface area contributed by atoms with Crippen LogP contribution in [0.3, 0.4) is 0 Å². The summed E-state index contributed by atoms with van der Waals surface area (Å²) in [5.41, 5.74) is 0. The molecule has 0 aromatic rings. The van der Waals surface area contributed by atoms with Crippen LogP contribution in [0.1, 0.15) is 13.3 Å². The van der Waals surface area contributed by atoms with Crippen LogP contribution in [0.25, 0.3) is 0 Å². The normalized spacial score (nSPS) is 12.5. The minimum atomic E-state index is -2.36. The number of nitrogens with zero attached hydrogens (tertiary/aromatic N) is 1. The Balaban J connectivity index is 3.55. The van der Waals surface area contributed by atoms with Crippen LogP contribution in [-0.4, -0.2) is 56.0 Å². The first-order valence-corrected chi connectivity index (χ1v) is 7.48. The fourth-order valence-corrected chi connectivity index (χ4v) is 3.11. The second-order valence-corrected chi connectivity index (χ2v) is 6.40. The molecule has 16 heavy (non-hydrogen) atoms. The maximum atomic E-state index is 5.32. The van der Waals surface area contributed by atoms with Gasteiger partial charge in [0.2, 0.25) is 0 Å². The number of hydrogen-bond acceptors (Lipinski definition) is 5. The van der Waals surface area contributed by atoms with Gasteiger partial charge in [0.1, 0.15) is 0 Å². The van der Waals surface area contributed by atoms with Gasteiger partial charge in [0.25, 0.3) is 0 Å². The van der Waals surface area contributed by atoms with Gasteiger partial charge in [-0.15, -0.1) is 0 Å². The molecule has 0 aliphatic heterocycles. The van der Waals surface area contributed by atoms with E-state index in [-0.39, 0.29) is 0 Å². The Hall–Kier alpha value is -0.273. The zero-order valence-corrected chi connectivity index (χ0v) is 11.8. The van der Waals surface area contributed by atoms with Crippen LogP contribution in [0.5, 0.6) is 0 Å². The van der Waals surface area contributed by atoms with Gasteiger partial charge in [0.05, 0.1) is 6.54 Å². The maximum absolute atomic E-state index is 5.32. The van der Waals surface area contributed by atoms with Crippen LogP contribution in [0.4, 0.5) is 0 Å². The van der Waals surface area contributed by atoms with Crippen LogP contribution < -0.4 is 5.32 Å². The first-order chi connectivity index (χ1) is 7.74. The third-order valence-electron chi connectivity index (χ3n) is 2.37. The Morgan fingerprint density at radius 1 is 1.12 bits per heavy atom. The monoisotopic (exact) mass is 248 g/mol. The Labute approximate surface area is 99.6 Å². The fraction of sp³-hybridized carbons (Fsp3) is 0.900. The molecular weight excluding hydrogens is 224 g/mol. The highest BCUT2D eigenvalue weighted by Crippen LogP contribution is 2.14. The summed E-state index contributed by atoms with van der Waals surface area (Å²) in [5.74, 6) is 0. The lowest BCUT2D eigenvalue weighted by Crippen LogP contribution is -2.43. The van der Waals surface area contributed by atoms with E-state index in [2.05, 4.69) is 10.3 Å². The van der Waals surface area contributed by atoms with E-state index in [0.29, 0.717) is 0 Å². The van der Waals surface area contributed by atoms with Gasteiger partial charge >= 0.3 is 8.80 Å². The molecule has 0 amide bonds. The summed E-state index contributed by atoms with van der Waals surface area (Å²) < 4.78 is 16.0. The lowest BCUT2D eigenvalue weighted by molar-refractivity contribution is 0.123. The largest absolute Gasteiger partial charge is 0.500 e. The molecule has 96 valence electrons. The number of rotatable bonds is 10. The third kappa shape index (κ3) is 6.34. The molecular formula is C10H24N2O3Si. The van der Waals surface area contributed by atoms with Crippen LogP contribution >= 0.6 is 0 Å². The van der Waals surface area contributed by atoms with E-state index in [1.165, 1.54) is 0 Å². The zero-order valence-electron chi connectivity index (χ0n) is 10.8. The van der Waals surface area contributed by atoms with Crippen molar-refractivity contribution in [2.75, 3.05) is 41.0 Å². The predicted octanol–water partition coefficient (Wildman–Crippen LogP) is 0.935. The molecule has 0 saturated carbocycles. The standard InChI is InChI=1S/C10H24N2O3Si/c1-5-11-8-9-12-7-6-10-16(13-2,14-3)15-4/h5,12H,6-10H2,1-4H3. The second kappa shape index (κ2) is 9.92. The average Bonchev–Trinajstić information content (AvgIpc) is 2.34. The van der Waals surface area contributed by atoms with Gasteiger partial charge in [-0.05, 0) is 26.1 Å². The topological polar surface area (TPSA) is 52.1 Å². The molecule has 0 rings (SSSR count). The van der Waals surface area contributed by atoms with Crippen LogP contribution in [0, 0.1) is 0 Å². The molecule has 0 aromatic heterocycles. The first kappa shape index (κ1) is 15.7. The number of nitrogens with one attached hydrogen (secondary N) is 1. The van der Waals surface area contributed by atoms with Crippen molar-refractivity contribution >= 4 is 15.0 Å². The Morgan fingerprint density at radius 3 is 2.25 bits per heavy atom. The Bertz CT molecular complexity index is 179. The van der Waals surface area contributed by atoms with E-state index < -0.39 is 8.80 Å². The fourth-order valence-electron chi connectivity index (χ4n) is 1.38. The van der Waals surface area contributed by atoms with Crippen molar-refractivity contribution in [2.24, 2.45) is 4.99 Å². The SMILES string of the molecule is CC=NCCNCCC[Si](OC)(OC)OC. The van der Waals surface area contributed by atoms with E-state index >= 15 is 0 Å². The molecule has 0 unspecified atom stereocenters. The molecule has 0 aliphatic rings. The molecule has 0 fully saturated rings. The van der Waals surface area contributed by atoms with Gasteiger partial charge in [0.15, 0.2) is 0 Å². The van der Waals surface area contributed by atoms with Gasteiger partial charge in [-0.25, -0.2) is 0 Å². The van der Waals surface area contributed by atoms with Gasteiger partial charge in [0, 0.05) is 33.9 Å². The van der Waals surface area contributed by atoms with E-state index in [1.54, 1.807) is 21.3 Å². The summed E-state index contributed by atoms with van der Waals surface area (Å²) in [5, 5.41) is 3.31. The highest BCUT2D eigenvalue weighted by molar-refractivity contribution is 6.60. The van der Waals surface area contributed by atoms with Gasteiger partial charge in [-0.3, -0.25) is 4.99 Å². The number of aliphatic imine (C=N–C) groups is 1. The van der Waals surface area contributed by atoms with Crippen LogP contribution in [-0.2, 0) is 13.3 Å². The van der Waals surface area contributed by atoms with E-state index in [0.717, 1.165) is 32.1 Å². The summed E-state index contributed by atoms with van der Waals surface area (Å²) in [6.45, 7) is 4.60. The Morgan fingerprint density at radius 2 is 1.75 bits per heavy atom. The predicted molar refractivity (Wildman–Crippen MR) is 68.1 cm³/mol. The van der Waals surface area contributed by atoms with E-state index in [1.807, 2.05) is 13.1 Å². The maximum Gasteiger partial charge on any atom is 0.500 e. The minimum absolute atomic E-state index is 0.831. The summed E-state index contributed by atoms with van der Waals surface area (Å²) in [6, 6.07) is 0.834. The zero-order chi connectivity index (χ0) is 12.3. The van der Waals surface area contributed by atoms with Crippen molar-refractivity contribution in [3.8, 4) is 0 Å². The quantitative estimate of drug-likeness (QED) is 0.355. The number of hydrogen-bond donors (Lipinski definition) is 1. The Kier molecular flexibility index (Phi) is 9.75. The molecule has 6 heteroatoms. The van der Waals surface area contributed by atoms with Crippen molar-refractivity contribution < 1.29 is 13.3 Å². The van der Waals surface area contributed by atoms with Crippen LogP contribution in [0.2, 0.25) is 6.04 Å². The summed E-state index contributed by atoms with van der Waals surface area (Å²) in [6.07, 6.45) is 2.80. The lowest BCUT2D eigenvalue weighted by atomic mass is 10.4.